The van der Waals surface area contributed by atoms with E-state index in [-0.39, 0.29) is 11.1 Å². The third-order valence-electron chi connectivity index (χ3n) is 8.77. The quantitative estimate of drug-likeness (QED) is 0.114. The highest BCUT2D eigenvalue weighted by Crippen LogP contribution is 2.43. The molecule has 0 atom stereocenters. The third-order valence-corrected chi connectivity index (χ3v) is 8.77. The van der Waals surface area contributed by atoms with Crippen LogP contribution in [0.15, 0.2) is 109 Å². The first kappa shape index (κ1) is 23.5. The second-order valence-corrected chi connectivity index (χ2v) is 11.0. The van der Waals surface area contributed by atoms with Crippen molar-refractivity contribution < 1.29 is 17.6 Å². The molecule has 4 heteroatoms. The van der Waals surface area contributed by atoms with Crippen LogP contribution >= 0.6 is 0 Å². The Hall–Kier alpha value is -5.22. The molecule has 198 valence electrons. The molecule has 0 heterocycles. The molecule has 0 saturated heterocycles. The zero-order valence-corrected chi connectivity index (χ0v) is 21.9. The fourth-order valence-electron chi connectivity index (χ4n) is 6.93. The monoisotopic (exact) mass is 550 g/mol. The fraction of sp³-hybridized carbons (Fsp3) is 0. The van der Waals surface area contributed by atoms with E-state index >= 15 is 17.6 Å². The highest BCUT2D eigenvalue weighted by atomic mass is 19.2. The van der Waals surface area contributed by atoms with E-state index in [2.05, 4.69) is 0 Å². The first-order valence-electron chi connectivity index (χ1n) is 13.7. The first-order chi connectivity index (χ1) is 20.5. The molecule has 0 fully saturated rings. The molecule has 0 saturated carbocycles. The summed E-state index contributed by atoms with van der Waals surface area (Å²) in [5.74, 6) is -5.66. The van der Waals surface area contributed by atoms with Gasteiger partial charge in [0.1, 0.15) is 0 Å². The summed E-state index contributed by atoms with van der Waals surface area (Å²) in [7, 11) is 0. The summed E-state index contributed by atoms with van der Waals surface area (Å²) in [4.78, 5) is 0. The van der Waals surface area contributed by atoms with Crippen molar-refractivity contribution in [1.29, 1.82) is 0 Å². The standard InChI is InChI=1S/C38H18F4/c39-35-33(27-15-23-11-7-19-3-1-4-20-8-12-24(16-27)31(23)29(19)20)36(40)38(42)34(37(35)41)28-17-25-13-9-21-5-2-6-22-10-14-26(18-28)32(25)30(21)22/h1-18H. The van der Waals surface area contributed by atoms with Crippen LogP contribution in [0.5, 0.6) is 0 Å². The van der Waals surface area contributed by atoms with Crippen molar-refractivity contribution >= 4 is 64.6 Å². The van der Waals surface area contributed by atoms with E-state index in [1.807, 2.05) is 84.9 Å². The summed E-state index contributed by atoms with van der Waals surface area (Å²) >= 11 is 0. The predicted molar refractivity (Wildman–Crippen MR) is 165 cm³/mol. The van der Waals surface area contributed by atoms with Crippen molar-refractivity contribution in [2.45, 2.75) is 0 Å². The minimum absolute atomic E-state index is 0.0794. The molecule has 9 rings (SSSR count). The van der Waals surface area contributed by atoms with Gasteiger partial charge in [-0.3, -0.25) is 0 Å². The molecule has 0 N–H and O–H groups in total. The molecule has 0 nitrogen and oxygen atoms in total. The van der Waals surface area contributed by atoms with Gasteiger partial charge >= 0.3 is 0 Å². The lowest BCUT2D eigenvalue weighted by atomic mass is 9.89. The van der Waals surface area contributed by atoms with E-state index < -0.39 is 34.4 Å². The molecule has 0 radical (unpaired) electrons. The Morgan fingerprint density at radius 3 is 0.810 bits per heavy atom. The molecule has 0 amide bonds. The maximum atomic E-state index is 15.9. The summed E-state index contributed by atoms with van der Waals surface area (Å²) in [6.07, 6.45) is 0. The number of rotatable bonds is 2. The summed E-state index contributed by atoms with van der Waals surface area (Å²) < 4.78 is 63.5. The van der Waals surface area contributed by atoms with Crippen LogP contribution in [0.4, 0.5) is 17.6 Å². The topological polar surface area (TPSA) is 0 Å². The Labute approximate surface area is 236 Å². The van der Waals surface area contributed by atoms with Crippen LogP contribution in [0, 0.1) is 23.3 Å². The molecule has 0 aliphatic rings. The van der Waals surface area contributed by atoms with Crippen LogP contribution < -0.4 is 0 Å². The summed E-state index contributed by atoms with van der Waals surface area (Å²) in [6, 6.07) is 33.6. The summed E-state index contributed by atoms with van der Waals surface area (Å²) in [6.45, 7) is 0. The van der Waals surface area contributed by atoms with Crippen LogP contribution in [-0.2, 0) is 0 Å². The zero-order chi connectivity index (χ0) is 28.3. The second kappa shape index (κ2) is 8.17. The Morgan fingerprint density at radius 1 is 0.286 bits per heavy atom. The van der Waals surface area contributed by atoms with Crippen molar-refractivity contribution in [2.24, 2.45) is 0 Å². The second-order valence-electron chi connectivity index (χ2n) is 11.0. The minimum atomic E-state index is -1.42. The number of hydrogen-bond acceptors (Lipinski definition) is 0. The van der Waals surface area contributed by atoms with E-state index in [0.29, 0.717) is 0 Å². The lowest BCUT2D eigenvalue weighted by Gasteiger charge is -2.17. The lowest BCUT2D eigenvalue weighted by Crippen LogP contribution is -2.04. The first-order valence-corrected chi connectivity index (χ1v) is 13.7. The average Bonchev–Trinajstić information content (AvgIpc) is 3.01. The Kier molecular flexibility index (Phi) is 4.57. The third kappa shape index (κ3) is 3.01. The van der Waals surface area contributed by atoms with Gasteiger partial charge in [-0.2, -0.15) is 0 Å². The van der Waals surface area contributed by atoms with Gasteiger partial charge in [0.05, 0.1) is 11.1 Å². The van der Waals surface area contributed by atoms with Crippen molar-refractivity contribution in [1.82, 2.24) is 0 Å². The number of halogens is 4. The molecule has 42 heavy (non-hydrogen) atoms. The average molecular weight is 551 g/mol. The van der Waals surface area contributed by atoms with Crippen LogP contribution in [0.25, 0.3) is 86.9 Å². The van der Waals surface area contributed by atoms with Gasteiger partial charge in [0.25, 0.3) is 0 Å². The molecule has 0 aliphatic heterocycles. The maximum Gasteiger partial charge on any atom is 0.170 e. The summed E-state index contributed by atoms with van der Waals surface area (Å²) in [5, 5.41) is 11.1. The van der Waals surface area contributed by atoms with E-state index in [1.165, 1.54) is 0 Å². The molecular weight excluding hydrogens is 532 g/mol. The Morgan fingerprint density at radius 2 is 0.524 bits per heavy atom. The van der Waals surface area contributed by atoms with Crippen LogP contribution in [-0.4, -0.2) is 0 Å². The van der Waals surface area contributed by atoms with Crippen LogP contribution in [0.2, 0.25) is 0 Å². The van der Waals surface area contributed by atoms with Gasteiger partial charge < -0.3 is 0 Å². The molecule has 0 unspecified atom stereocenters. The number of benzene rings is 9. The van der Waals surface area contributed by atoms with Gasteiger partial charge in [0, 0.05) is 0 Å². The predicted octanol–water partition coefficient (Wildman–Crippen LogP) is 11.4. The molecule has 9 aromatic rings. The maximum absolute atomic E-state index is 15.9. The number of hydrogen-bond donors (Lipinski definition) is 0. The smallest absolute Gasteiger partial charge is 0.170 e. The van der Waals surface area contributed by atoms with Gasteiger partial charge in [-0.15, -0.1) is 0 Å². The van der Waals surface area contributed by atoms with Crippen LogP contribution in [0.3, 0.4) is 0 Å². The Balaban J connectivity index is 1.28. The van der Waals surface area contributed by atoms with E-state index in [1.54, 1.807) is 24.3 Å². The van der Waals surface area contributed by atoms with Crippen molar-refractivity contribution in [2.75, 3.05) is 0 Å². The van der Waals surface area contributed by atoms with E-state index in [0.717, 1.165) is 64.6 Å². The normalized spacial score (nSPS) is 12.3. The van der Waals surface area contributed by atoms with Crippen molar-refractivity contribution in [3.63, 3.8) is 0 Å². The largest absolute Gasteiger partial charge is 0.203 e. The Bertz CT molecular complexity index is 2230. The SMILES string of the molecule is Fc1c(F)c(-c2cc3ccc4cccc5ccc(c2)c3c45)c(F)c(F)c1-c1cc2ccc3cccc4ccc(c1)c2c34. The van der Waals surface area contributed by atoms with Crippen LogP contribution in [0.1, 0.15) is 0 Å². The molecular formula is C38H18F4. The van der Waals surface area contributed by atoms with Crippen molar-refractivity contribution in [3.05, 3.63) is 132 Å². The summed E-state index contributed by atoms with van der Waals surface area (Å²) in [5.41, 5.74) is -1.26. The van der Waals surface area contributed by atoms with Crippen molar-refractivity contribution in [3.8, 4) is 22.3 Å². The highest BCUT2D eigenvalue weighted by Gasteiger charge is 2.28. The molecule has 0 bridgehead atoms. The van der Waals surface area contributed by atoms with Gasteiger partial charge in [-0.25, -0.2) is 17.6 Å². The molecule has 0 aromatic heterocycles. The zero-order valence-electron chi connectivity index (χ0n) is 21.9. The lowest BCUT2D eigenvalue weighted by molar-refractivity contribution is 0.463. The van der Waals surface area contributed by atoms with Gasteiger partial charge in [0.2, 0.25) is 0 Å². The fourth-order valence-corrected chi connectivity index (χ4v) is 6.93. The van der Waals surface area contributed by atoms with Gasteiger partial charge in [0.15, 0.2) is 23.3 Å². The van der Waals surface area contributed by atoms with E-state index in [4.69, 9.17) is 0 Å². The minimum Gasteiger partial charge on any atom is -0.203 e. The van der Waals surface area contributed by atoms with Gasteiger partial charge in [-0.05, 0) is 100 Å². The molecule has 9 aromatic carbocycles. The highest BCUT2D eigenvalue weighted by molar-refractivity contribution is 6.25. The van der Waals surface area contributed by atoms with E-state index in [9.17, 15) is 0 Å². The molecule has 0 spiro atoms. The molecule has 0 aliphatic carbocycles. The van der Waals surface area contributed by atoms with Gasteiger partial charge in [-0.1, -0.05) is 84.9 Å².